The van der Waals surface area contributed by atoms with E-state index in [2.05, 4.69) is 5.32 Å². The summed E-state index contributed by atoms with van der Waals surface area (Å²) in [5.41, 5.74) is 1.11. The third kappa shape index (κ3) is 3.78. The molecule has 0 aliphatic carbocycles. The van der Waals surface area contributed by atoms with Gasteiger partial charge < -0.3 is 15.2 Å². The summed E-state index contributed by atoms with van der Waals surface area (Å²) in [6.07, 6.45) is 1.45. The molecule has 0 spiro atoms. The molecule has 0 unspecified atom stereocenters. The molecule has 0 radical (unpaired) electrons. The van der Waals surface area contributed by atoms with Crippen molar-refractivity contribution < 1.29 is 19.4 Å². The predicted octanol–water partition coefficient (Wildman–Crippen LogP) is 3.10. The number of ether oxygens (including phenoxy) is 1. The van der Waals surface area contributed by atoms with Crippen molar-refractivity contribution >= 4 is 23.2 Å². The minimum Gasteiger partial charge on any atom is -0.477 e. The van der Waals surface area contributed by atoms with Crippen molar-refractivity contribution in [1.29, 1.82) is 0 Å². The fourth-order valence-electron chi connectivity index (χ4n) is 2.66. The summed E-state index contributed by atoms with van der Waals surface area (Å²) in [4.78, 5) is 23.7. The van der Waals surface area contributed by atoms with Crippen molar-refractivity contribution in [2.75, 3.05) is 6.61 Å². The van der Waals surface area contributed by atoms with Crippen LogP contribution in [0.25, 0.3) is 0 Å². The smallest absolute Gasteiger partial charge is 0.345 e. The molecule has 3 rings (SSSR count). The number of carbonyl (C=O) groups is 2. The van der Waals surface area contributed by atoms with Crippen molar-refractivity contribution in [3.05, 3.63) is 57.8 Å². The van der Waals surface area contributed by atoms with Gasteiger partial charge in [-0.15, -0.1) is 11.3 Å². The van der Waals surface area contributed by atoms with Gasteiger partial charge in [0.1, 0.15) is 4.88 Å². The lowest BCUT2D eigenvalue weighted by Gasteiger charge is -2.30. The summed E-state index contributed by atoms with van der Waals surface area (Å²) in [6.45, 7) is 0.593. The number of hydrogen-bond donors (Lipinski definition) is 2. The maximum atomic E-state index is 12.3. The van der Waals surface area contributed by atoms with Crippen LogP contribution in [0.1, 0.15) is 43.9 Å². The van der Waals surface area contributed by atoms with Gasteiger partial charge in [0.25, 0.3) is 5.91 Å². The number of thiophene rings is 1. The molecule has 2 heterocycles. The lowest BCUT2D eigenvalue weighted by Crippen LogP contribution is -2.39. The molecule has 1 aromatic carbocycles. The van der Waals surface area contributed by atoms with E-state index in [1.165, 1.54) is 6.07 Å². The second kappa shape index (κ2) is 6.93. The van der Waals surface area contributed by atoms with Gasteiger partial charge in [-0.25, -0.2) is 4.79 Å². The minimum absolute atomic E-state index is 0.0202. The molecule has 2 N–H and O–H groups in total. The number of carbonyl (C=O) groups excluding carboxylic acids is 1. The van der Waals surface area contributed by atoms with Gasteiger partial charge in [0, 0.05) is 12.6 Å². The van der Waals surface area contributed by atoms with Crippen LogP contribution in [0.2, 0.25) is 0 Å². The molecule has 120 valence electrons. The molecule has 1 fully saturated rings. The molecule has 0 bridgehead atoms. The van der Waals surface area contributed by atoms with Crippen molar-refractivity contribution in [2.45, 2.75) is 25.0 Å². The van der Waals surface area contributed by atoms with E-state index in [9.17, 15) is 9.59 Å². The van der Waals surface area contributed by atoms with Gasteiger partial charge in [0.2, 0.25) is 0 Å². The molecule has 1 aliphatic heterocycles. The molecule has 6 heteroatoms. The Labute approximate surface area is 137 Å². The van der Waals surface area contributed by atoms with E-state index in [0.29, 0.717) is 17.9 Å². The number of amides is 1. The first-order valence-corrected chi connectivity index (χ1v) is 8.25. The summed E-state index contributed by atoms with van der Waals surface area (Å²) in [5.74, 6) is -1.23. The van der Waals surface area contributed by atoms with Crippen LogP contribution in [0, 0.1) is 0 Å². The second-order valence-corrected chi connectivity index (χ2v) is 6.52. The van der Waals surface area contributed by atoms with Gasteiger partial charge in [-0.3, -0.25) is 4.79 Å². The van der Waals surface area contributed by atoms with Gasteiger partial charge in [0.05, 0.1) is 11.0 Å². The largest absolute Gasteiger partial charge is 0.477 e. The van der Waals surface area contributed by atoms with Crippen LogP contribution in [0.4, 0.5) is 0 Å². The van der Waals surface area contributed by atoms with Crippen LogP contribution in [0.3, 0.4) is 0 Å². The highest BCUT2D eigenvalue weighted by Gasteiger charge is 2.25. The van der Waals surface area contributed by atoms with E-state index in [1.807, 2.05) is 30.3 Å². The van der Waals surface area contributed by atoms with E-state index < -0.39 is 5.97 Å². The van der Waals surface area contributed by atoms with Crippen molar-refractivity contribution in [1.82, 2.24) is 5.32 Å². The first-order chi connectivity index (χ1) is 11.1. The molecular weight excluding hydrogens is 314 g/mol. The summed E-state index contributed by atoms with van der Waals surface area (Å²) in [5, 5.41) is 11.9. The molecule has 0 saturated carbocycles. The predicted molar refractivity (Wildman–Crippen MR) is 86.9 cm³/mol. The van der Waals surface area contributed by atoms with E-state index in [-0.39, 0.29) is 22.9 Å². The average Bonchev–Trinajstić information content (AvgIpc) is 3.06. The number of benzene rings is 1. The lowest BCUT2D eigenvalue weighted by molar-refractivity contribution is 0.000934. The van der Waals surface area contributed by atoms with Crippen LogP contribution < -0.4 is 5.32 Å². The van der Waals surface area contributed by atoms with Gasteiger partial charge in [-0.2, -0.15) is 0 Å². The molecule has 23 heavy (non-hydrogen) atoms. The van der Waals surface area contributed by atoms with E-state index in [1.54, 1.807) is 6.07 Å². The summed E-state index contributed by atoms with van der Waals surface area (Å²) in [6, 6.07) is 13.0. The molecule has 1 aliphatic rings. The Morgan fingerprint density at radius 2 is 1.87 bits per heavy atom. The average molecular weight is 331 g/mol. The maximum absolute atomic E-state index is 12.3. The van der Waals surface area contributed by atoms with Crippen molar-refractivity contribution in [3.63, 3.8) is 0 Å². The maximum Gasteiger partial charge on any atom is 0.345 e. The third-order valence-electron chi connectivity index (χ3n) is 3.83. The first kappa shape index (κ1) is 15.7. The number of nitrogens with one attached hydrogen (secondary N) is 1. The van der Waals surface area contributed by atoms with Gasteiger partial charge in [0.15, 0.2) is 0 Å². The van der Waals surface area contributed by atoms with Gasteiger partial charge in [-0.1, -0.05) is 30.3 Å². The number of rotatable bonds is 4. The normalized spacial score (nSPS) is 20.9. The highest BCUT2D eigenvalue weighted by Crippen LogP contribution is 2.28. The zero-order chi connectivity index (χ0) is 16.2. The number of carboxylic acid groups (broad SMARTS) is 1. The number of aromatic carboxylic acids is 1. The van der Waals surface area contributed by atoms with E-state index >= 15 is 0 Å². The molecule has 1 amide bonds. The van der Waals surface area contributed by atoms with Gasteiger partial charge in [-0.05, 0) is 30.5 Å². The summed E-state index contributed by atoms with van der Waals surface area (Å²) < 4.78 is 5.79. The van der Waals surface area contributed by atoms with E-state index in [4.69, 9.17) is 9.84 Å². The summed E-state index contributed by atoms with van der Waals surface area (Å²) >= 11 is 0.992. The molecule has 2 aromatic rings. The van der Waals surface area contributed by atoms with E-state index in [0.717, 1.165) is 23.3 Å². The van der Waals surface area contributed by atoms with Gasteiger partial charge >= 0.3 is 5.97 Å². The van der Waals surface area contributed by atoms with Crippen LogP contribution in [-0.4, -0.2) is 29.6 Å². The zero-order valence-corrected chi connectivity index (χ0v) is 13.2. The highest BCUT2D eigenvalue weighted by atomic mass is 32.1. The zero-order valence-electron chi connectivity index (χ0n) is 12.4. The summed E-state index contributed by atoms with van der Waals surface area (Å²) in [7, 11) is 0. The monoisotopic (exact) mass is 331 g/mol. The number of carboxylic acids is 1. The highest BCUT2D eigenvalue weighted by molar-refractivity contribution is 7.15. The second-order valence-electron chi connectivity index (χ2n) is 5.43. The van der Waals surface area contributed by atoms with Crippen LogP contribution in [0.5, 0.6) is 0 Å². The Hall–Kier alpha value is -2.18. The Balaban J connectivity index is 1.63. The molecule has 5 nitrogen and oxygen atoms in total. The lowest BCUT2D eigenvalue weighted by atomic mass is 9.97. The standard InChI is InChI=1S/C17H17NO4S/c19-16(14-6-7-15(23-14)17(20)21)18-12-8-9-22-13(10-12)11-4-2-1-3-5-11/h1-7,12-13H,8-10H2,(H,18,19)(H,20,21)/t12-,13+/m1/s1. The topological polar surface area (TPSA) is 75.6 Å². The Kier molecular flexibility index (Phi) is 4.73. The fraction of sp³-hybridized carbons (Fsp3) is 0.294. The van der Waals surface area contributed by atoms with Crippen LogP contribution >= 0.6 is 11.3 Å². The molecule has 1 aromatic heterocycles. The fourth-order valence-corrected chi connectivity index (χ4v) is 3.41. The van der Waals surface area contributed by atoms with Crippen molar-refractivity contribution in [2.24, 2.45) is 0 Å². The van der Waals surface area contributed by atoms with Crippen molar-refractivity contribution in [3.8, 4) is 0 Å². The van der Waals surface area contributed by atoms with Crippen LogP contribution in [0.15, 0.2) is 42.5 Å². The molecule has 1 saturated heterocycles. The Bertz CT molecular complexity index is 698. The minimum atomic E-state index is -1.01. The van der Waals surface area contributed by atoms with Crippen LogP contribution in [-0.2, 0) is 4.74 Å². The Morgan fingerprint density at radius 1 is 1.13 bits per heavy atom. The SMILES string of the molecule is O=C(O)c1ccc(C(=O)N[C@@H]2CCO[C@H](c3ccccc3)C2)s1. The quantitative estimate of drug-likeness (QED) is 0.903. The number of hydrogen-bond acceptors (Lipinski definition) is 4. The third-order valence-corrected chi connectivity index (χ3v) is 4.90. The first-order valence-electron chi connectivity index (χ1n) is 7.44. The Morgan fingerprint density at radius 3 is 2.57 bits per heavy atom. The molecule has 2 atom stereocenters. The molecular formula is C17H17NO4S.